The molecule has 0 aliphatic heterocycles. The number of nitrogens with one attached hydrogen (secondary N) is 1. The summed E-state index contributed by atoms with van der Waals surface area (Å²) in [6, 6.07) is 6.92. The number of anilines is 1. The number of hydrogen-bond donors (Lipinski definition) is 1. The molecule has 0 heterocycles. The van der Waals surface area contributed by atoms with Gasteiger partial charge in [-0.2, -0.15) is 0 Å². The molecule has 1 N–H and O–H groups in total. The van der Waals surface area contributed by atoms with Gasteiger partial charge >= 0.3 is 0 Å². The lowest BCUT2D eigenvalue weighted by atomic mass is 10.1. The Hall–Kier alpha value is -2.11. The highest BCUT2D eigenvalue weighted by molar-refractivity contribution is 5.48. The van der Waals surface area contributed by atoms with Crippen molar-refractivity contribution in [2.24, 2.45) is 0 Å². The van der Waals surface area contributed by atoms with Crippen LogP contribution in [-0.2, 0) is 6.54 Å². The Labute approximate surface area is 112 Å². The Bertz CT molecular complexity index is 608. The van der Waals surface area contributed by atoms with Crippen molar-refractivity contribution < 1.29 is 22.0 Å². The average molecular weight is 287 g/mol. The predicted octanol–water partition coefficient (Wildman–Crippen LogP) is 4.30. The highest BCUT2D eigenvalue weighted by atomic mass is 19.2. The van der Waals surface area contributed by atoms with Gasteiger partial charge in [-0.1, -0.05) is 29.8 Å². The van der Waals surface area contributed by atoms with Gasteiger partial charge in [0.1, 0.15) is 5.69 Å². The molecule has 0 saturated heterocycles. The van der Waals surface area contributed by atoms with Crippen molar-refractivity contribution in [3.8, 4) is 0 Å². The second-order valence-corrected chi connectivity index (χ2v) is 4.28. The third-order valence-electron chi connectivity index (χ3n) is 2.80. The third-order valence-corrected chi connectivity index (χ3v) is 2.80. The molecule has 0 aromatic heterocycles. The Morgan fingerprint density at radius 3 is 1.70 bits per heavy atom. The molecule has 0 saturated carbocycles. The number of benzene rings is 2. The summed E-state index contributed by atoms with van der Waals surface area (Å²) in [6.45, 7) is 1.81. The van der Waals surface area contributed by atoms with Crippen LogP contribution in [0, 0.1) is 36.0 Å². The lowest BCUT2D eigenvalue weighted by Gasteiger charge is -2.11. The van der Waals surface area contributed by atoms with Crippen molar-refractivity contribution in [2.75, 3.05) is 5.32 Å². The molecule has 0 unspecified atom stereocenters. The first-order valence-corrected chi connectivity index (χ1v) is 5.72. The lowest BCUT2D eigenvalue weighted by molar-refractivity contribution is 0.381. The lowest BCUT2D eigenvalue weighted by Crippen LogP contribution is -2.09. The fourth-order valence-electron chi connectivity index (χ4n) is 1.66. The summed E-state index contributed by atoms with van der Waals surface area (Å²) in [6.07, 6.45) is 0. The Morgan fingerprint density at radius 1 is 0.750 bits per heavy atom. The maximum absolute atomic E-state index is 13.4. The van der Waals surface area contributed by atoms with E-state index in [9.17, 15) is 22.0 Å². The zero-order valence-corrected chi connectivity index (χ0v) is 10.4. The molecule has 0 amide bonds. The largest absolute Gasteiger partial charge is 0.376 e. The van der Waals surface area contributed by atoms with E-state index >= 15 is 0 Å². The van der Waals surface area contributed by atoms with Crippen molar-refractivity contribution in [2.45, 2.75) is 13.5 Å². The maximum atomic E-state index is 13.4. The number of rotatable bonds is 3. The summed E-state index contributed by atoms with van der Waals surface area (Å²) >= 11 is 0. The van der Waals surface area contributed by atoms with Crippen LogP contribution >= 0.6 is 0 Å². The summed E-state index contributed by atoms with van der Waals surface area (Å²) < 4.78 is 65.6. The van der Waals surface area contributed by atoms with Crippen LogP contribution in [0.3, 0.4) is 0 Å². The van der Waals surface area contributed by atoms with Gasteiger partial charge in [0.2, 0.25) is 5.82 Å². The number of aryl methyl sites for hydroxylation is 1. The minimum absolute atomic E-state index is 0.0569. The molecule has 0 bridgehead atoms. The molecule has 20 heavy (non-hydrogen) atoms. The Morgan fingerprint density at radius 2 is 1.20 bits per heavy atom. The highest BCUT2D eigenvalue weighted by Gasteiger charge is 2.25. The van der Waals surface area contributed by atoms with Crippen LogP contribution in [-0.4, -0.2) is 0 Å². The molecule has 0 aliphatic carbocycles. The van der Waals surface area contributed by atoms with Gasteiger partial charge < -0.3 is 5.32 Å². The van der Waals surface area contributed by atoms with Crippen LogP contribution in [0.4, 0.5) is 27.6 Å². The van der Waals surface area contributed by atoms with E-state index in [1.807, 2.05) is 6.92 Å². The van der Waals surface area contributed by atoms with E-state index in [0.29, 0.717) is 5.56 Å². The van der Waals surface area contributed by atoms with E-state index in [1.165, 1.54) is 0 Å². The summed E-state index contributed by atoms with van der Waals surface area (Å²) in [4.78, 5) is 0. The molecule has 106 valence electrons. The molecule has 6 heteroatoms. The molecule has 0 radical (unpaired) electrons. The average Bonchev–Trinajstić information content (AvgIpc) is 2.45. The molecule has 2 rings (SSSR count). The zero-order chi connectivity index (χ0) is 14.9. The quantitative estimate of drug-likeness (QED) is 0.504. The molecule has 0 fully saturated rings. The smallest absolute Gasteiger partial charge is 0.200 e. The normalized spacial score (nSPS) is 10.7. The summed E-state index contributed by atoms with van der Waals surface area (Å²) in [7, 11) is 0. The first-order chi connectivity index (χ1) is 9.41. The molecule has 1 nitrogen and oxygen atoms in total. The van der Waals surface area contributed by atoms with Gasteiger partial charge in [-0.15, -0.1) is 0 Å². The van der Waals surface area contributed by atoms with E-state index in [-0.39, 0.29) is 6.54 Å². The summed E-state index contributed by atoms with van der Waals surface area (Å²) in [5.74, 6) is -9.83. The fraction of sp³-hybridized carbons (Fsp3) is 0.143. The second-order valence-electron chi connectivity index (χ2n) is 4.28. The minimum Gasteiger partial charge on any atom is -0.376 e. The number of hydrogen-bond acceptors (Lipinski definition) is 1. The van der Waals surface area contributed by atoms with Crippen LogP contribution in [0.5, 0.6) is 0 Å². The highest BCUT2D eigenvalue weighted by Crippen LogP contribution is 2.27. The molecule has 2 aromatic rings. The summed E-state index contributed by atoms with van der Waals surface area (Å²) in [5.41, 5.74) is 0.617. The van der Waals surface area contributed by atoms with E-state index in [4.69, 9.17) is 0 Å². The SMILES string of the molecule is Cc1ccc(CNc2c(F)c(F)c(F)c(F)c2F)cc1. The van der Waals surface area contributed by atoms with E-state index in [1.54, 1.807) is 24.3 Å². The third kappa shape index (κ3) is 2.59. The Kier molecular flexibility index (Phi) is 3.92. The van der Waals surface area contributed by atoms with Crippen LogP contribution in [0.25, 0.3) is 0 Å². The molecule has 0 aliphatic rings. The van der Waals surface area contributed by atoms with Crippen molar-refractivity contribution in [3.05, 3.63) is 64.5 Å². The van der Waals surface area contributed by atoms with Gasteiger partial charge in [0.15, 0.2) is 23.3 Å². The topological polar surface area (TPSA) is 12.0 Å². The van der Waals surface area contributed by atoms with E-state index < -0.39 is 34.8 Å². The molecule has 0 spiro atoms. The molecular formula is C14H10F5N. The monoisotopic (exact) mass is 287 g/mol. The summed E-state index contributed by atoms with van der Waals surface area (Å²) in [5, 5.41) is 2.23. The van der Waals surface area contributed by atoms with Gasteiger partial charge in [-0.05, 0) is 12.5 Å². The van der Waals surface area contributed by atoms with Crippen LogP contribution in [0.15, 0.2) is 24.3 Å². The van der Waals surface area contributed by atoms with Crippen LogP contribution in [0.1, 0.15) is 11.1 Å². The van der Waals surface area contributed by atoms with E-state index in [2.05, 4.69) is 5.32 Å². The van der Waals surface area contributed by atoms with Crippen molar-refractivity contribution in [1.29, 1.82) is 0 Å². The van der Waals surface area contributed by atoms with Gasteiger partial charge in [0.05, 0.1) is 0 Å². The Balaban J connectivity index is 2.28. The van der Waals surface area contributed by atoms with Crippen LogP contribution < -0.4 is 5.32 Å². The molecule has 2 aromatic carbocycles. The maximum Gasteiger partial charge on any atom is 0.200 e. The first kappa shape index (κ1) is 14.3. The van der Waals surface area contributed by atoms with Crippen molar-refractivity contribution in [3.63, 3.8) is 0 Å². The van der Waals surface area contributed by atoms with Gasteiger partial charge in [0.25, 0.3) is 0 Å². The minimum atomic E-state index is -2.17. The van der Waals surface area contributed by atoms with Gasteiger partial charge in [-0.25, -0.2) is 22.0 Å². The zero-order valence-electron chi connectivity index (χ0n) is 10.4. The molecular weight excluding hydrogens is 277 g/mol. The van der Waals surface area contributed by atoms with Crippen molar-refractivity contribution in [1.82, 2.24) is 0 Å². The molecule has 0 atom stereocenters. The van der Waals surface area contributed by atoms with Gasteiger partial charge in [0, 0.05) is 6.54 Å². The van der Waals surface area contributed by atoms with Crippen molar-refractivity contribution >= 4 is 5.69 Å². The number of halogens is 5. The standard InChI is InChI=1S/C14H10F5N/c1-7-2-4-8(5-3-7)6-20-14-12(18)10(16)9(15)11(17)13(14)19/h2-5,20H,6H2,1H3. The first-order valence-electron chi connectivity index (χ1n) is 5.72. The fourth-order valence-corrected chi connectivity index (χ4v) is 1.66. The second kappa shape index (κ2) is 5.48. The van der Waals surface area contributed by atoms with Gasteiger partial charge in [-0.3, -0.25) is 0 Å². The van der Waals surface area contributed by atoms with E-state index in [0.717, 1.165) is 5.56 Å². The van der Waals surface area contributed by atoms with Crippen LogP contribution in [0.2, 0.25) is 0 Å². The predicted molar refractivity (Wildman–Crippen MR) is 64.7 cm³/mol.